The molecule has 0 rings (SSSR count). The zero-order valence-corrected chi connectivity index (χ0v) is 29.0. The predicted molar refractivity (Wildman–Crippen MR) is 178 cm³/mol. The van der Waals surface area contributed by atoms with Crippen LogP contribution in [-0.4, -0.2) is 54.3 Å². The molecule has 10 heteroatoms. The van der Waals surface area contributed by atoms with Crippen LogP contribution in [0.5, 0.6) is 0 Å². The summed E-state index contributed by atoms with van der Waals surface area (Å²) in [5.41, 5.74) is 0. The Morgan fingerprint density at radius 3 is 1.70 bits per heavy atom. The normalized spacial score (nSPS) is 13.6. The van der Waals surface area contributed by atoms with Gasteiger partial charge in [0.2, 0.25) is 5.91 Å². The van der Waals surface area contributed by atoms with Crippen LogP contribution in [0.1, 0.15) is 162 Å². The number of phosphoric ester groups is 1. The summed E-state index contributed by atoms with van der Waals surface area (Å²) in [5.74, 6) is -0.530. The van der Waals surface area contributed by atoms with E-state index in [1.807, 2.05) is 0 Å². The summed E-state index contributed by atoms with van der Waals surface area (Å²) in [4.78, 5) is 33.5. The fraction of sp³-hybridized carbons (Fsp3) is 0.882. The van der Waals surface area contributed by atoms with Gasteiger partial charge in [0.1, 0.15) is 12.7 Å². The van der Waals surface area contributed by atoms with Gasteiger partial charge < -0.3 is 20.1 Å². The van der Waals surface area contributed by atoms with Gasteiger partial charge in [-0.05, 0) is 38.5 Å². The lowest BCUT2D eigenvalue weighted by Gasteiger charge is -2.15. The lowest BCUT2D eigenvalue weighted by atomic mass is 10.1. The second-order valence-electron chi connectivity index (χ2n) is 11.8. The van der Waals surface area contributed by atoms with Crippen LogP contribution in [0.3, 0.4) is 0 Å². The van der Waals surface area contributed by atoms with E-state index in [1.54, 1.807) is 0 Å². The number of hydrogen-bond donors (Lipinski definition) is 3. The number of phosphoric acid groups is 1. The van der Waals surface area contributed by atoms with E-state index < -0.39 is 26.5 Å². The Kier molecular flexibility index (Phi) is 30.8. The predicted octanol–water partition coefficient (Wildman–Crippen LogP) is 8.71. The highest BCUT2D eigenvalue weighted by atomic mass is 31.2. The van der Waals surface area contributed by atoms with Crippen molar-refractivity contribution < 1.29 is 37.9 Å². The first-order chi connectivity index (χ1) is 21.3. The van der Waals surface area contributed by atoms with Crippen LogP contribution in [0.2, 0.25) is 0 Å². The first-order valence-electron chi connectivity index (χ1n) is 17.7. The van der Waals surface area contributed by atoms with Crippen molar-refractivity contribution in [2.75, 3.05) is 26.4 Å². The zero-order valence-electron chi connectivity index (χ0n) is 28.1. The van der Waals surface area contributed by atoms with E-state index in [2.05, 4.69) is 31.3 Å². The maximum absolute atomic E-state index is 12.0. The van der Waals surface area contributed by atoms with Gasteiger partial charge >= 0.3 is 13.8 Å². The molecule has 0 saturated carbocycles. The lowest BCUT2D eigenvalue weighted by Crippen LogP contribution is -2.27. The highest BCUT2D eigenvalue weighted by Gasteiger charge is 2.23. The number of rotatable bonds is 33. The van der Waals surface area contributed by atoms with Crippen LogP contribution >= 0.6 is 7.82 Å². The number of aliphatic hydroxyl groups excluding tert-OH is 1. The van der Waals surface area contributed by atoms with Crippen molar-refractivity contribution in [3.63, 3.8) is 0 Å². The standard InChI is InChI=1S/C34H66NO8P/c1-3-5-7-9-11-12-13-14-15-16-17-18-19-21-22-24-26-33(37)35-28-29-42-44(39,40)43-31-32(36)30-41-34(38)27-25-23-20-10-8-6-4-2/h15-16,32,36H,3-14,17-31H2,1-2H3,(H,35,37)(H,39,40)/b16-15-. The molecule has 1 amide bonds. The average molecular weight is 648 g/mol. The summed E-state index contributed by atoms with van der Waals surface area (Å²) in [6, 6.07) is 0. The Bertz CT molecular complexity index is 749. The molecule has 0 radical (unpaired) electrons. The number of ether oxygens (including phenoxy) is 1. The number of aliphatic hydroxyl groups is 1. The van der Waals surface area contributed by atoms with Crippen molar-refractivity contribution in [3.8, 4) is 0 Å². The molecule has 0 heterocycles. The summed E-state index contributed by atoms with van der Waals surface area (Å²) in [6.07, 6.45) is 28.8. The Morgan fingerprint density at radius 1 is 0.682 bits per heavy atom. The van der Waals surface area contributed by atoms with E-state index in [9.17, 15) is 24.2 Å². The van der Waals surface area contributed by atoms with Crippen LogP contribution in [0.4, 0.5) is 0 Å². The highest BCUT2D eigenvalue weighted by Crippen LogP contribution is 2.42. The third kappa shape index (κ3) is 32.2. The minimum atomic E-state index is -4.40. The number of carbonyl (C=O) groups is 2. The van der Waals surface area contributed by atoms with Crippen molar-refractivity contribution >= 4 is 19.7 Å². The molecule has 0 aromatic heterocycles. The molecule has 2 atom stereocenters. The van der Waals surface area contributed by atoms with Gasteiger partial charge in [0.25, 0.3) is 0 Å². The van der Waals surface area contributed by atoms with E-state index in [-0.39, 0.29) is 32.1 Å². The van der Waals surface area contributed by atoms with E-state index in [0.717, 1.165) is 44.9 Å². The number of nitrogens with one attached hydrogen (secondary N) is 1. The number of hydrogen-bond acceptors (Lipinski definition) is 7. The van der Waals surface area contributed by atoms with Gasteiger partial charge in [-0.2, -0.15) is 0 Å². The Balaban J connectivity index is 3.62. The summed E-state index contributed by atoms with van der Waals surface area (Å²) in [5, 5.41) is 12.6. The quantitative estimate of drug-likeness (QED) is 0.0279. The van der Waals surface area contributed by atoms with Crippen LogP contribution in [0.25, 0.3) is 0 Å². The van der Waals surface area contributed by atoms with E-state index in [0.29, 0.717) is 6.42 Å². The molecule has 260 valence electrons. The second kappa shape index (κ2) is 31.7. The highest BCUT2D eigenvalue weighted by molar-refractivity contribution is 7.47. The van der Waals surface area contributed by atoms with Crippen LogP contribution in [0.15, 0.2) is 12.2 Å². The van der Waals surface area contributed by atoms with Crippen molar-refractivity contribution in [2.24, 2.45) is 0 Å². The van der Waals surface area contributed by atoms with Crippen molar-refractivity contribution in [2.45, 2.75) is 168 Å². The van der Waals surface area contributed by atoms with Crippen LogP contribution < -0.4 is 5.32 Å². The third-order valence-electron chi connectivity index (χ3n) is 7.45. The molecule has 2 unspecified atom stereocenters. The molecule has 3 N–H and O–H groups in total. The molecule has 0 spiro atoms. The molecule has 0 aliphatic rings. The number of esters is 1. The Morgan fingerprint density at radius 2 is 1.16 bits per heavy atom. The monoisotopic (exact) mass is 647 g/mol. The first kappa shape index (κ1) is 42.8. The minimum absolute atomic E-state index is 0.0801. The lowest BCUT2D eigenvalue weighted by molar-refractivity contribution is -0.147. The SMILES string of the molecule is CCCCCCCCC/C=C\CCCCCCCC(=O)NCCOP(=O)(O)OCC(O)COC(=O)CCCCCCCCC. The number of unbranched alkanes of at least 4 members (excludes halogenated alkanes) is 18. The van der Waals surface area contributed by atoms with Crippen LogP contribution in [0, 0.1) is 0 Å². The van der Waals surface area contributed by atoms with Gasteiger partial charge in [0, 0.05) is 19.4 Å². The Hall–Kier alpha value is -1.25. The van der Waals surface area contributed by atoms with E-state index in [1.165, 1.54) is 89.9 Å². The van der Waals surface area contributed by atoms with Gasteiger partial charge in [-0.15, -0.1) is 0 Å². The summed E-state index contributed by atoms with van der Waals surface area (Å²) in [6.45, 7) is 3.47. The number of carbonyl (C=O) groups excluding carboxylic acids is 2. The van der Waals surface area contributed by atoms with Crippen LogP contribution in [-0.2, 0) is 27.9 Å². The molecule has 44 heavy (non-hydrogen) atoms. The maximum atomic E-state index is 12.0. The number of allylic oxidation sites excluding steroid dienone is 2. The van der Waals surface area contributed by atoms with Gasteiger partial charge in [-0.25, -0.2) is 4.57 Å². The third-order valence-corrected chi connectivity index (χ3v) is 8.43. The molecule has 0 bridgehead atoms. The van der Waals surface area contributed by atoms with Crippen molar-refractivity contribution in [3.05, 3.63) is 12.2 Å². The summed E-state index contributed by atoms with van der Waals surface area (Å²) in [7, 11) is -4.40. The topological polar surface area (TPSA) is 131 Å². The maximum Gasteiger partial charge on any atom is 0.472 e. The first-order valence-corrected chi connectivity index (χ1v) is 19.2. The Labute approximate surface area is 268 Å². The number of amides is 1. The fourth-order valence-corrected chi connectivity index (χ4v) is 5.48. The molecule has 0 aliphatic heterocycles. The molecule has 9 nitrogen and oxygen atoms in total. The minimum Gasteiger partial charge on any atom is -0.463 e. The average Bonchev–Trinajstić information content (AvgIpc) is 3.00. The summed E-state index contributed by atoms with van der Waals surface area (Å²) < 4.78 is 26.6. The van der Waals surface area contributed by atoms with Gasteiger partial charge in [0.15, 0.2) is 0 Å². The molecular formula is C34H66NO8P. The van der Waals surface area contributed by atoms with Gasteiger partial charge in [-0.3, -0.25) is 18.6 Å². The summed E-state index contributed by atoms with van der Waals surface area (Å²) >= 11 is 0. The largest absolute Gasteiger partial charge is 0.472 e. The van der Waals surface area contributed by atoms with E-state index in [4.69, 9.17) is 13.8 Å². The second-order valence-corrected chi connectivity index (χ2v) is 13.3. The van der Waals surface area contributed by atoms with Crippen molar-refractivity contribution in [1.29, 1.82) is 0 Å². The van der Waals surface area contributed by atoms with Gasteiger partial charge in [-0.1, -0.05) is 122 Å². The fourth-order valence-electron chi connectivity index (χ4n) is 4.73. The molecule has 0 saturated heterocycles. The molecule has 0 aromatic carbocycles. The van der Waals surface area contributed by atoms with E-state index >= 15 is 0 Å². The smallest absolute Gasteiger partial charge is 0.463 e. The van der Waals surface area contributed by atoms with Crippen molar-refractivity contribution in [1.82, 2.24) is 5.32 Å². The molecule has 0 fully saturated rings. The van der Waals surface area contributed by atoms with Gasteiger partial charge in [0.05, 0.1) is 13.2 Å². The molecule has 0 aliphatic carbocycles. The molecule has 0 aromatic rings. The molecular weight excluding hydrogens is 581 g/mol. The zero-order chi connectivity index (χ0) is 32.6.